The zero-order valence-electron chi connectivity index (χ0n) is 4.94. The minimum Gasteiger partial charge on any atom is -0.365 e. The Balaban J connectivity index is 0. The topological polar surface area (TPSA) is 43.1 Å². The van der Waals surface area contributed by atoms with Gasteiger partial charge < -0.3 is 5.73 Å². The molecule has 1 aromatic rings. The summed E-state index contributed by atoms with van der Waals surface area (Å²) in [6.07, 6.45) is 0. The maximum absolute atomic E-state index is 10.3. The molecule has 0 saturated heterocycles. The van der Waals surface area contributed by atoms with Crippen LogP contribution in [-0.2, 0) is 0 Å². The minimum absolute atomic E-state index is 0. The second-order valence-corrected chi connectivity index (χ2v) is 2.29. The number of amides is 1. The summed E-state index contributed by atoms with van der Waals surface area (Å²) in [6, 6.07) is 3.50. The molecule has 2 nitrogen and oxygen atoms in total. The number of primary amides is 1. The average Bonchev–Trinajstić information content (AvgIpc) is 2.12. The van der Waals surface area contributed by atoms with Gasteiger partial charge in [0.1, 0.15) is 0 Å². The first kappa shape index (κ1) is 12.4. The molecule has 1 amide bonds. The summed E-state index contributed by atoms with van der Waals surface area (Å²) >= 11 is 1.36. The molecule has 5 heteroatoms. The highest BCUT2D eigenvalue weighted by Crippen LogP contribution is 2.05. The lowest BCUT2D eigenvalue weighted by atomic mass is 10.5. The van der Waals surface area contributed by atoms with Gasteiger partial charge in [0.15, 0.2) is 0 Å². The summed E-state index contributed by atoms with van der Waals surface area (Å²) in [4.78, 5) is 10.9. The van der Waals surface area contributed by atoms with Crippen LogP contribution in [-0.4, -0.2) is 5.91 Å². The van der Waals surface area contributed by atoms with Crippen LogP contribution in [0.1, 0.15) is 9.67 Å². The lowest BCUT2D eigenvalue weighted by molar-refractivity contribution is 0.100. The number of nitrogens with two attached hydrogens (primary N) is 1. The number of carbonyl (C=O) groups excluding carboxylic acids is 1. The van der Waals surface area contributed by atoms with Crippen molar-refractivity contribution in [2.24, 2.45) is 5.73 Å². The van der Waals surface area contributed by atoms with Crippen LogP contribution in [0.5, 0.6) is 0 Å². The van der Waals surface area contributed by atoms with E-state index in [0.29, 0.717) is 4.88 Å². The van der Waals surface area contributed by atoms with E-state index in [0.717, 1.165) is 0 Å². The molecule has 0 bridgehead atoms. The maximum Gasteiger partial charge on any atom is 0.258 e. The van der Waals surface area contributed by atoms with Crippen molar-refractivity contribution < 1.29 is 4.79 Å². The Kier molecular flexibility index (Phi) is 6.87. The molecule has 2 N–H and O–H groups in total. The predicted molar refractivity (Wildman–Crippen MR) is 47.3 cm³/mol. The van der Waals surface area contributed by atoms with Gasteiger partial charge in [-0.15, -0.1) is 36.2 Å². The Bertz CT molecular complexity index is 188. The van der Waals surface area contributed by atoms with Gasteiger partial charge in [0, 0.05) is 0 Å². The monoisotopic (exact) mass is 199 g/mol. The second-order valence-electron chi connectivity index (χ2n) is 1.34. The number of halogens is 2. The van der Waals surface area contributed by atoms with E-state index in [1.807, 2.05) is 5.38 Å². The van der Waals surface area contributed by atoms with E-state index in [2.05, 4.69) is 0 Å². The molecule has 0 spiro atoms. The van der Waals surface area contributed by atoms with Crippen LogP contribution in [0.2, 0.25) is 0 Å². The van der Waals surface area contributed by atoms with Gasteiger partial charge in [0.05, 0.1) is 4.88 Å². The Morgan fingerprint density at radius 1 is 1.50 bits per heavy atom. The fourth-order valence-corrected chi connectivity index (χ4v) is 0.996. The van der Waals surface area contributed by atoms with Crippen molar-refractivity contribution in [3.8, 4) is 0 Å². The lowest BCUT2D eigenvalue weighted by Gasteiger charge is -1.80. The second kappa shape index (κ2) is 5.53. The van der Waals surface area contributed by atoms with Gasteiger partial charge in [-0.25, -0.2) is 0 Å². The van der Waals surface area contributed by atoms with Gasteiger partial charge in [-0.3, -0.25) is 4.79 Å². The standard InChI is InChI=1S/C5H5NOS.2ClH/c6-5(7)4-2-1-3-8-4;;/h1-3H,(H2,6,7);2*1H. The third-order valence-corrected chi connectivity index (χ3v) is 1.65. The molecular formula is C5H7Cl2NOS. The molecule has 0 saturated carbocycles. The zero-order chi connectivity index (χ0) is 5.98. The lowest BCUT2D eigenvalue weighted by Crippen LogP contribution is -2.07. The van der Waals surface area contributed by atoms with Gasteiger partial charge in [-0.05, 0) is 11.4 Å². The molecule has 0 atom stereocenters. The van der Waals surface area contributed by atoms with Gasteiger partial charge in [-0.1, -0.05) is 6.07 Å². The van der Waals surface area contributed by atoms with Crippen molar-refractivity contribution in [3.63, 3.8) is 0 Å². The summed E-state index contributed by atoms with van der Waals surface area (Å²) in [5.74, 6) is -0.347. The van der Waals surface area contributed by atoms with Gasteiger partial charge >= 0.3 is 0 Å². The van der Waals surface area contributed by atoms with E-state index in [9.17, 15) is 4.79 Å². The number of carbonyl (C=O) groups is 1. The molecule has 0 aliphatic carbocycles. The van der Waals surface area contributed by atoms with E-state index in [4.69, 9.17) is 5.73 Å². The number of hydrogen-bond donors (Lipinski definition) is 1. The van der Waals surface area contributed by atoms with Crippen molar-refractivity contribution in [1.29, 1.82) is 0 Å². The van der Waals surface area contributed by atoms with Gasteiger partial charge in [0.2, 0.25) is 0 Å². The van der Waals surface area contributed by atoms with Crippen molar-refractivity contribution >= 4 is 42.1 Å². The maximum atomic E-state index is 10.3. The van der Waals surface area contributed by atoms with Crippen LogP contribution in [0.3, 0.4) is 0 Å². The first-order valence-electron chi connectivity index (χ1n) is 2.14. The molecule has 0 aliphatic rings. The highest BCUT2D eigenvalue weighted by molar-refractivity contribution is 7.12. The largest absolute Gasteiger partial charge is 0.365 e. The smallest absolute Gasteiger partial charge is 0.258 e. The molecule has 0 unspecified atom stereocenters. The highest BCUT2D eigenvalue weighted by atomic mass is 35.5. The third kappa shape index (κ3) is 3.06. The predicted octanol–water partition coefficient (Wildman–Crippen LogP) is 1.69. The van der Waals surface area contributed by atoms with Crippen LogP contribution in [0.15, 0.2) is 17.5 Å². The normalized spacial score (nSPS) is 7.20. The van der Waals surface area contributed by atoms with E-state index >= 15 is 0 Å². The molecule has 58 valence electrons. The quantitative estimate of drug-likeness (QED) is 0.736. The van der Waals surface area contributed by atoms with E-state index in [1.165, 1.54) is 11.3 Å². The van der Waals surface area contributed by atoms with Gasteiger partial charge in [0.25, 0.3) is 5.91 Å². The summed E-state index contributed by atoms with van der Waals surface area (Å²) in [5, 5.41) is 1.82. The molecule has 1 heterocycles. The summed E-state index contributed by atoms with van der Waals surface area (Å²) in [5.41, 5.74) is 4.93. The molecular weight excluding hydrogens is 193 g/mol. The Morgan fingerprint density at radius 3 is 2.30 bits per heavy atom. The zero-order valence-corrected chi connectivity index (χ0v) is 7.39. The minimum atomic E-state index is -0.347. The number of thiophene rings is 1. The van der Waals surface area contributed by atoms with E-state index < -0.39 is 0 Å². The van der Waals surface area contributed by atoms with Crippen LogP contribution in [0, 0.1) is 0 Å². The summed E-state index contributed by atoms with van der Waals surface area (Å²) in [7, 11) is 0. The molecule has 1 aromatic heterocycles. The van der Waals surface area contributed by atoms with E-state index in [-0.39, 0.29) is 30.7 Å². The van der Waals surface area contributed by atoms with Crippen LogP contribution >= 0.6 is 36.2 Å². The average molecular weight is 200 g/mol. The molecule has 0 fully saturated rings. The number of rotatable bonds is 1. The molecule has 0 radical (unpaired) electrons. The third-order valence-electron chi connectivity index (χ3n) is 0.764. The Labute approximate surface area is 75.2 Å². The van der Waals surface area contributed by atoms with Crippen LogP contribution in [0.4, 0.5) is 0 Å². The van der Waals surface area contributed by atoms with Crippen molar-refractivity contribution in [2.45, 2.75) is 0 Å². The fraction of sp³-hybridized carbons (Fsp3) is 0. The van der Waals surface area contributed by atoms with Crippen LogP contribution in [0.25, 0.3) is 0 Å². The first-order valence-corrected chi connectivity index (χ1v) is 3.02. The van der Waals surface area contributed by atoms with Gasteiger partial charge in [-0.2, -0.15) is 0 Å². The summed E-state index contributed by atoms with van der Waals surface area (Å²) < 4.78 is 0. The van der Waals surface area contributed by atoms with Crippen molar-refractivity contribution in [1.82, 2.24) is 0 Å². The van der Waals surface area contributed by atoms with Crippen molar-refractivity contribution in [3.05, 3.63) is 22.4 Å². The van der Waals surface area contributed by atoms with E-state index in [1.54, 1.807) is 12.1 Å². The molecule has 0 aromatic carbocycles. The summed E-state index contributed by atoms with van der Waals surface area (Å²) in [6.45, 7) is 0. The SMILES string of the molecule is Cl.Cl.NC(=O)c1cccs1. The molecule has 1 rings (SSSR count). The molecule has 0 aliphatic heterocycles. The van der Waals surface area contributed by atoms with Crippen molar-refractivity contribution in [2.75, 3.05) is 0 Å². The van der Waals surface area contributed by atoms with Crippen LogP contribution < -0.4 is 5.73 Å². The first-order chi connectivity index (χ1) is 3.80. The Morgan fingerprint density at radius 2 is 2.10 bits per heavy atom. The highest BCUT2D eigenvalue weighted by Gasteiger charge is 1.96. The Hall–Kier alpha value is -0.250. The number of hydrogen-bond acceptors (Lipinski definition) is 2. The molecule has 10 heavy (non-hydrogen) atoms. The fourth-order valence-electron chi connectivity index (χ4n) is 0.419.